The molecule has 6 nitrogen and oxygen atoms in total. The van der Waals surface area contributed by atoms with Crippen LogP contribution in [0.3, 0.4) is 0 Å². The summed E-state index contributed by atoms with van der Waals surface area (Å²) in [5, 5.41) is 24.1. The van der Waals surface area contributed by atoms with Crippen LogP contribution in [0.2, 0.25) is 0 Å². The molecule has 14 aromatic carbocycles. The second kappa shape index (κ2) is 23.0. The smallest absolute Gasteiger partial charge is 0.537 e. The van der Waals surface area contributed by atoms with E-state index in [-0.39, 0.29) is 0 Å². The van der Waals surface area contributed by atoms with Crippen molar-refractivity contribution in [1.82, 2.24) is 18.3 Å². The van der Waals surface area contributed by atoms with Crippen LogP contribution >= 0.6 is 38.6 Å². The number of halogens is 1. The minimum atomic E-state index is 0.644. The quantitative estimate of drug-likeness (QED) is 0.162. The van der Waals surface area contributed by atoms with Crippen LogP contribution in [0.25, 0.3) is 161 Å². The maximum Gasteiger partial charge on any atom is 0.569 e. The summed E-state index contributed by atoms with van der Waals surface area (Å²) in [5.41, 5.74) is 16.8. The van der Waals surface area contributed by atoms with Gasteiger partial charge in [-0.05, 0) is 126 Å². The van der Waals surface area contributed by atoms with Gasteiger partial charge in [0.1, 0.15) is 5.75 Å². The molecule has 6 aromatic heterocycles. The molecule has 0 saturated carbocycles. The minimum Gasteiger partial charge on any atom is -0.537 e. The lowest BCUT2D eigenvalue weighted by molar-refractivity contribution is 0.457. The van der Waals surface area contributed by atoms with E-state index in [0.29, 0.717) is 5.75 Å². The molecule has 0 bridgehead atoms. The third kappa shape index (κ3) is 8.86. The van der Waals surface area contributed by atoms with Crippen LogP contribution < -0.4 is 4.65 Å². The highest BCUT2D eigenvalue weighted by molar-refractivity contribution is 9.10. The van der Waals surface area contributed by atoms with Crippen LogP contribution in [0.4, 0.5) is 0 Å². The van der Waals surface area contributed by atoms with Crippen molar-refractivity contribution < 1.29 is 9.68 Å². The molecule has 94 heavy (non-hydrogen) atoms. The van der Waals surface area contributed by atoms with E-state index in [9.17, 15) is 0 Å². The molecular formula is C84H53BBrN4O2S2. The topological polar surface area (TPSA) is 49.2 Å². The van der Waals surface area contributed by atoms with E-state index in [1.165, 1.54) is 134 Å². The fraction of sp³-hybridized carbons (Fsp3) is 0. The van der Waals surface area contributed by atoms with Crippen molar-refractivity contribution in [3.05, 3.63) is 320 Å². The van der Waals surface area contributed by atoms with E-state index in [1.54, 1.807) is 0 Å². The normalized spacial score (nSPS) is 11.7. The lowest BCUT2D eigenvalue weighted by atomic mass is 9.93. The number of aromatic nitrogens is 4. The molecule has 0 unspecified atom stereocenters. The van der Waals surface area contributed by atoms with Crippen molar-refractivity contribution in [1.29, 1.82) is 0 Å². The molecule has 0 aliphatic rings. The Bertz CT molecular complexity index is 6330. The first kappa shape index (κ1) is 55.8. The Morgan fingerprint density at radius 1 is 0.287 bits per heavy atom. The number of hydrogen-bond donors (Lipinski definition) is 1. The Hall–Kier alpha value is -11.0. The van der Waals surface area contributed by atoms with Crippen molar-refractivity contribution in [3.8, 4) is 39.6 Å². The molecule has 6 heterocycles. The fourth-order valence-electron chi connectivity index (χ4n) is 14.6. The third-order valence-electron chi connectivity index (χ3n) is 18.4. The zero-order chi connectivity index (χ0) is 62.4. The minimum absolute atomic E-state index is 0.644. The fourth-order valence-corrected chi connectivity index (χ4v) is 17.7. The average molecular weight is 1310 g/mol. The molecule has 0 aliphatic heterocycles. The second-order valence-electron chi connectivity index (χ2n) is 23.5. The highest BCUT2D eigenvalue weighted by atomic mass is 79.9. The number of benzene rings is 14. The van der Waals surface area contributed by atoms with Gasteiger partial charge in [0.2, 0.25) is 0 Å². The van der Waals surface area contributed by atoms with Gasteiger partial charge in [0.05, 0.1) is 53.5 Å². The van der Waals surface area contributed by atoms with Gasteiger partial charge in [-0.2, -0.15) is 0 Å². The van der Waals surface area contributed by atoms with Crippen LogP contribution in [0, 0.1) is 0 Å². The molecular weight excluding hydrogens is 1250 g/mol. The van der Waals surface area contributed by atoms with Gasteiger partial charge in [-0.3, -0.25) is 0 Å². The van der Waals surface area contributed by atoms with Gasteiger partial charge < -0.3 is 27.9 Å². The molecule has 0 amide bonds. The molecule has 1 radical (unpaired) electrons. The van der Waals surface area contributed by atoms with Crippen molar-refractivity contribution in [2.75, 3.05) is 0 Å². The number of nitrogens with zero attached hydrogens (tertiary/aromatic N) is 4. The Kier molecular flexibility index (Phi) is 13.7. The molecule has 0 atom stereocenters. The monoisotopic (exact) mass is 1300 g/mol. The molecule has 443 valence electrons. The first-order valence-electron chi connectivity index (χ1n) is 31.4. The summed E-state index contributed by atoms with van der Waals surface area (Å²) in [6.45, 7) is 0. The van der Waals surface area contributed by atoms with Crippen LogP contribution in [0.1, 0.15) is 0 Å². The first-order valence-corrected chi connectivity index (χ1v) is 33.8. The summed E-state index contributed by atoms with van der Waals surface area (Å²) >= 11 is 7.67. The molecule has 0 saturated heterocycles. The molecule has 20 rings (SSSR count). The SMILES string of the molecule is Brc1cc2c3ccccc3sc2c2c1c1ccccc1n2-c1ccccc1.O[B]Oc1cccc2c1c1ccccc1n2-c1ccccc1.c1ccc(-n2c3ccccc3c3c(-c4cc5c6ccccc6sc5c5c4c4ccccc4n5-c4ccccc4)cccc32)cc1. The van der Waals surface area contributed by atoms with E-state index in [0.717, 1.165) is 39.7 Å². The zero-order valence-corrected chi connectivity index (χ0v) is 53.7. The Balaban J connectivity index is 0.000000113. The molecule has 0 spiro atoms. The molecule has 10 heteroatoms. The van der Waals surface area contributed by atoms with Gasteiger partial charge in [-0.1, -0.05) is 216 Å². The predicted molar refractivity (Wildman–Crippen MR) is 404 cm³/mol. The van der Waals surface area contributed by atoms with Gasteiger partial charge in [-0.15, -0.1) is 22.7 Å². The second-order valence-corrected chi connectivity index (χ2v) is 26.5. The number of hydrogen-bond acceptors (Lipinski definition) is 4. The summed E-state index contributed by atoms with van der Waals surface area (Å²) in [5.74, 6) is 0.644. The summed E-state index contributed by atoms with van der Waals surface area (Å²) in [6, 6.07) is 112. The van der Waals surface area contributed by atoms with Crippen molar-refractivity contribution in [2.45, 2.75) is 0 Å². The number of rotatable bonds is 7. The Morgan fingerprint density at radius 2 is 0.638 bits per heavy atom. The van der Waals surface area contributed by atoms with Gasteiger partial charge in [0.15, 0.2) is 0 Å². The highest BCUT2D eigenvalue weighted by Crippen LogP contribution is 2.51. The van der Waals surface area contributed by atoms with E-state index < -0.39 is 0 Å². The largest absolute Gasteiger partial charge is 0.569 e. The maximum absolute atomic E-state index is 9.02. The molecule has 0 aliphatic carbocycles. The Labute approximate surface area is 557 Å². The molecule has 20 aromatic rings. The summed E-state index contributed by atoms with van der Waals surface area (Å²) < 4.78 is 21.3. The maximum atomic E-state index is 9.02. The van der Waals surface area contributed by atoms with Crippen LogP contribution in [0.5, 0.6) is 5.75 Å². The summed E-state index contributed by atoms with van der Waals surface area (Å²) in [6.07, 6.45) is 0. The summed E-state index contributed by atoms with van der Waals surface area (Å²) in [4.78, 5) is 0. The van der Waals surface area contributed by atoms with Crippen LogP contribution in [-0.4, -0.2) is 31.0 Å². The predicted octanol–water partition coefficient (Wildman–Crippen LogP) is 23.5. The standard InChI is InChI=1S/C42H26N2S.C24H14BrNS.C18H13BNO2/c1-3-14-27(15-4-1)43-35-22-10-7-19-31(35)39-30(21-13-24-37(39)43)33-26-34-29-18-9-12-25-38(29)45-42(34)41-40(33)32-20-8-11-23-36(32)44(41)28-16-5-2-6-17-28;25-19-14-18-16-10-5-7-13-21(16)27-24(18)23-22(19)17-11-4-6-12-20(17)26(23)15-8-2-1-3-9-15;21-19-22-17-12-6-11-16-18(17)14-9-4-5-10-15(14)20(16)13-7-2-1-3-8-13/h1-26H;1-14H;1-12,21H. The van der Waals surface area contributed by atoms with Gasteiger partial charge in [0, 0.05) is 101 Å². The highest BCUT2D eigenvalue weighted by Gasteiger charge is 2.26. The van der Waals surface area contributed by atoms with E-state index in [2.05, 4.69) is 307 Å². The zero-order valence-electron chi connectivity index (χ0n) is 50.4. The van der Waals surface area contributed by atoms with Gasteiger partial charge in [0.25, 0.3) is 0 Å². The van der Waals surface area contributed by atoms with Crippen molar-refractivity contribution >= 4 is 174 Å². The lowest BCUT2D eigenvalue weighted by Crippen LogP contribution is -2.00. The van der Waals surface area contributed by atoms with E-state index in [1.807, 2.05) is 65.1 Å². The van der Waals surface area contributed by atoms with Gasteiger partial charge >= 0.3 is 7.69 Å². The van der Waals surface area contributed by atoms with Gasteiger partial charge in [-0.25, -0.2) is 0 Å². The average Bonchev–Trinajstić information content (AvgIpc) is 1.54. The molecule has 0 fully saturated rings. The summed E-state index contributed by atoms with van der Waals surface area (Å²) in [7, 11) is 0.726. The van der Waals surface area contributed by atoms with E-state index >= 15 is 0 Å². The number of fused-ring (bicyclic) bond motifs is 20. The van der Waals surface area contributed by atoms with Crippen molar-refractivity contribution in [2.24, 2.45) is 0 Å². The third-order valence-corrected chi connectivity index (χ3v) is 21.4. The van der Waals surface area contributed by atoms with Crippen LogP contribution in [0.15, 0.2) is 320 Å². The Morgan fingerprint density at radius 3 is 1.13 bits per heavy atom. The number of thiophene rings is 2. The lowest BCUT2D eigenvalue weighted by Gasteiger charge is -2.12. The van der Waals surface area contributed by atoms with Crippen LogP contribution in [-0.2, 0) is 0 Å². The molecule has 1 N–H and O–H groups in total. The first-order chi connectivity index (χ1) is 46.6. The van der Waals surface area contributed by atoms with Crippen molar-refractivity contribution in [3.63, 3.8) is 0 Å². The van der Waals surface area contributed by atoms with E-state index in [4.69, 9.17) is 9.68 Å². The number of para-hydroxylation sites is 8.